The van der Waals surface area contributed by atoms with Crippen LogP contribution >= 0.6 is 24.0 Å². The maximum absolute atomic E-state index is 12.6. The topological polar surface area (TPSA) is 55.8 Å². The Morgan fingerprint density at radius 1 is 1.38 bits per heavy atom. The molecule has 5 nitrogen and oxygen atoms in total. The van der Waals surface area contributed by atoms with Gasteiger partial charge in [-0.3, -0.25) is 9.69 Å². The number of methoxy groups -OCH3 is 1. The van der Waals surface area contributed by atoms with E-state index in [1.807, 2.05) is 31.2 Å². The van der Waals surface area contributed by atoms with Gasteiger partial charge in [0.05, 0.1) is 18.6 Å². The van der Waals surface area contributed by atoms with Gasteiger partial charge >= 0.3 is 5.97 Å². The van der Waals surface area contributed by atoms with E-state index in [0.717, 1.165) is 17.7 Å². The number of carbonyl (C=O) groups is 2. The van der Waals surface area contributed by atoms with Crippen molar-refractivity contribution in [2.75, 3.05) is 13.7 Å². The lowest BCUT2D eigenvalue weighted by Gasteiger charge is -2.21. The summed E-state index contributed by atoms with van der Waals surface area (Å²) >= 11 is 6.44. The number of ether oxygens (including phenoxy) is 2. The summed E-state index contributed by atoms with van der Waals surface area (Å²) in [5, 5.41) is 0. The van der Waals surface area contributed by atoms with Crippen LogP contribution in [0, 0.1) is 0 Å². The predicted molar refractivity (Wildman–Crippen MR) is 98.7 cm³/mol. The molecular formula is C17H19NO4S2. The Labute approximate surface area is 151 Å². The zero-order chi connectivity index (χ0) is 17.7. The highest BCUT2D eigenvalue weighted by Crippen LogP contribution is 2.34. The first-order chi connectivity index (χ1) is 11.5. The highest BCUT2D eigenvalue weighted by atomic mass is 32.2. The van der Waals surface area contributed by atoms with Crippen LogP contribution in [0.3, 0.4) is 0 Å². The summed E-state index contributed by atoms with van der Waals surface area (Å²) in [6.07, 6.45) is 2.48. The standard InChI is InChI=1S/C17H19NO4S2/c1-4-9-22-16(20)11(2)18-15(19)14(24-17(18)23)10-12-5-7-13(21-3)8-6-12/h5-8,10-11H,4,9H2,1-3H3/b14-10-/t11-/m0/s1. The number of thiocarbonyl (C=S) groups is 1. The van der Waals surface area contributed by atoms with E-state index in [-0.39, 0.29) is 5.91 Å². The van der Waals surface area contributed by atoms with E-state index in [1.54, 1.807) is 20.1 Å². The SMILES string of the molecule is CCCOC(=O)[C@H](C)N1C(=O)/C(=C/c2ccc(OC)cc2)SC1=S. The Kier molecular flexibility index (Phi) is 6.39. The molecule has 7 heteroatoms. The van der Waals surface area contributed by atoms with Crippen molar-refractivity contribution in [3.8, 4) is 5.75 Å². The molecule has 0 aliphatic carbocycles. The van der Waals surface area contributed by atoms with E-state index in [4.69, 9.17) is 21.7 Å². The summed E-state index contributed by atoms with van der Waals surface area (Å²) < 4.78 is 10.6. The average molecular weight is 365 g/mol. The second-order valence-electron chi connectivity index (χ2n) is 5.17. The summed E-state index contributed by atoms with van der Waals surface area (Å²) in [5.41, 5.74) is 0.859. The van der Waals surface area contributed by atoms with Gasteiger partial charge in [-0.1, -0.05) is 43.0 Å². The number of hydrogen-bond acceptors (Lipinski definition) is 6. The molecule has 1 aliphatic rings. The van der Waals surface area contributed by atoms with Gasteiger partial charge in [0.2, 0.25) is 0 Å². The van der Waals surface area contributed by atoms with Gasteiger partial charge in [0.1, 0.15) is 16.1 Å². The third-order valence-electron chi connectivity index (χ3n) is 3.41. The molecule has 1 aromatic rings. The number of amides is 1. The van der Waals surface area contributed by atoms with Crippen molar-refractivity contribution >= 4 is 46.3 Å². The van der Waals surface area contributed by atoms with E-state index < -0.39 is 12.0 Å². The van der Waals surface area contributed by atoms with E-state index in [0.29, 0.717) is 15.8 Å². The maximum Gasteiger partial charge on any atom is 0.329 e. The molecule has 0 spiro atoms. The first kappa shape index (κ1) is 18.5. The maximum atomic E-state index is 12.6. The lowest BCUT2D eigenvalue weighted by atomic mass is 10.2. The van der Waals surface area contributed by atoms with E-state index in [1.165, 1.54) is 16.7 Å². The summed E-state index contributed by atoms with van der Waals surface area (Å²) in [4.78, 5) is 26.4. The number of rotatable bonds is 6. The third-order valence-corrected chi connectivity index (χ3v) is 4.74. The summed E-state index contributed by atoms with van der Waals surface area (Å²) in [7, 11) is 1.60. The van der Waals surface area contributed by atoms with Crippen LogP contribution in [-0.4, -0.2) is 40.9 Å². The van der Waals surface area contributed by atoms with Crippen LogP contribution in [0.25, 0.3) is 6.08 Å². The molecule has 0 N–H and O–H groups in total. The first-order valence-corrected chi connectivity index (χ1v) is 8.78. The van der Waals surface area contributed by atoms with Crippen LogP contribution in [0.15, 0.2) is 29.2 Å². The first-order valence-electron chi connectivity index (χ1n) is 7.55. The molecule has 0 bridgehead atoms. The highest BCUT2D eigenvalue weighted by Gasteiger charge is 2.38. The van der Waals surface area contributed by atoms with Crippen LogP contribution in [0.5, 0.6) is 5.75 Å². The van der Waals surface area contributed by atoms with Gasteiger partial charge in [0.25, 0.3) is 5.91 Å². The third kappa shape index (κ3) is 4.15. The second-order valence-corrected chi connectivity index (χ2v) is 6.84. The monoisotopic (exact) mass is 365 g/mol. The number of esters is 1. The molecule has 0 saturated carbocycles. The fourth-order valence-electron chi connectivity index (χ4n) is 2.09. The molecule has 24 heavy (non-hydrogen) atoms. The van der Waals surface area contributed by atoms with Crippen molar-refractivity contribution < 1.29 is 19.1 Å². The lowest BCUT2D eigenvalue weighted by Crippen LogP contribution is -2.42. The van der Waals surface area contributed by atoms with E-state index >= 15 is 0 Å². The van der Waals surface area contributed by atoms with Crippen LogP contribution in [0.4, 0.5) is 0 Å². The minimum atomic E-state index is -0.731. The normalized spacial score (nSPS) is 17.3. The van der Waals surface area contributed by atoms with Gasteiger partial charge in [-0.25, -0.2) is 4.79 Å². The second kappa shape index (κ2) is 8.30. The molecule has 2 rings (SSSR count). The average Bonchev–Trinajstić information content (AvgIpc) is 2.86. The zero-order valence-electron chi connectivity index (χ0n) is 13.8. The summed E-state index contributed by atoms with van der Waals surface area (Å²) in [6, 6.07) is 6.61. The molecule has 1 atom stereocenters. The van der Waals surface area contributed by atoms with Crippen LogP contribution in [0.2, 0.25) is 0 Å². The fraction of sp³-hybridized carbons (Fsp3) is 0.353. The number of hydrogen-bond donors (Lipinski definition) is 0. The molecule has 1 aromatic carbocycles. The van der Waals surface area contributed by atoms with Gasteiger partial charge in [0.15, 0.2) is 0 Å². The van der Waals surface area contributed by atoms with Gasteiger partial charge in [-0.15, -0.1) is 0 Å². The Morgan fingerprint density at radius 3 is 2.62 bits per heavy atom. The Balaban J connectivity index is 2.15. The highest BCUT2D eigenvalue weighted by molar-refractivity contribution is 8.26. The minimum absolute atomic E-state index is 0.276. The van der Waals surface area contributed by atoms with Crippen molar-refractivity contribution in [1.29, 1.82) is 0 Å². The van der Waals surface area contributed by atoms with Crippen LogP contribution in [0.1, 0.15) is 25.8 Å². The van der Waals surface area contributed by atoms with Crippen molar-refractivity contribution in [3.63, 3.8) is 0 Å². The smallest absolute Gasteiger partial charge is 0.329 e. The van der Waals surface area contributed by atoms with Crippen LogP contribution in [-0.2, 0) is 14.3 Å². The van der Waals surface area contributed by atoms with Gasteiger partial charge in [-0.2, -0.15) is 0 Å². The molecule has 1 aliphatic heterocycles. The van der Waals surface area contributed by atoms with Crippen molar-refractivity contribution in [2.24, 2.45) is 0 Å². The van der Waals surface area contributed by atoms with Gasteiger partial charge in [-0.05, 0) is 37.1 Å². The molecule has 0 unspecified atom stereocenters. The Hall–Kier alpha value is -1.86. The van der Waals surface area contributed by atoms with E-state index in [9.17, 15) is 9.59 Å². The number of thioether (sulfide) groups is 1. The van der Waals surface area contributed by atoms with Gasteiger partial charge < -0.3 is 9.47 Å². The van der Waals surface area contributed by atoms with E-state index in [2.05, 4.69) is 0 Å². The summed E-state index contributed by atoms with van der Waals surface area (Å²) in [6.45, 7) is 3.87. The molecule has 0 aromatic heterocycles. The number of benzene rings is 1. The molecule has 1 heterocycles. The fourth-order valence-corrected chi connectivity index (χ4v) is 3.51. The lowest BCUT2D eigenvalue weighted by molar-refractivity contribution is -0.150. The summed E-state index contributed by atoms with van der Waals surface area (Å²) in [5.74, 6) is 0.0209. The van der Waals surface area contributed by atoms with Crippen LogP contribution < -0.4 is 4.74 Å². The Morgan fingerprint density at radius 2 is 2.04 bits per heavy atom. The number of nitrogens with zero attached hydrogens (tertiary/aromatic N) is 1. The predicted octanol–water partition coefficient (Wildman–Crippen LogP) is 3.24. The minimum Gasteiger partial charge on any atom is -0.497 e. The van der Waals surface area contributed by atoms with Crippen molar-refractivity contribution in [1.82, 2.24) is 4.90 Å². The molecular weight excluding hydrogens is 346 g/mol. The zero-order valence-corrected chi connectivity index (χ0v) is 15.4. The Bertz CT molecular complexity index is 670. The number of carbonyl (C=O) groups excluding carboxylic acids is 2. The van der Waals surface area contributed by atoms with Crippen molar-refractivity contribution in [2.45, 2.75) is 26.3 Å². The molecule has 1 saturated heterocycles. The quantitative estimate of drug-likeness (QED) is 0.438. The molecule has 0 radical (unpaired) electrons. The largest absolute Gasteiger partial charge is 0.497 e. The molecule has 128 valence electrons. The van der Waals surface area contributed by atoms with Crippen molar-refractivity contribution in [3.05, 3.63) is 34.7 Å². The molecule has 1 amide bonds. The molecule has 1 fully saturated rings. The van der Waals surface area contributed by atoms with Gasteiger partial charge in [0, 0.05) is 0 Å².